The second-order valence-electron chi connectivity index (χ2n) is 5.63. The summed E-state index contributed by atoms with van der Waals surface area (Å²) < 4.78 is 11.2. The standard InChI is InChI=1S/C19H23N3O2S/c1-3-23-11-6-12-24-17-9-10-20-19(14(17)2)25-13-18-21-15-7-4-5-8-16(15)22-18/h4-5,7-10H,3,6,11-13H2,1-2H3,(H,21,22). The van der Waals surface area contributed by atoms with Crippen molar-refractivity contribution in [1.29, 1.82) is 0 Å². The molecule has 0 aliphatic rings. The first-order chi connectivity index (χ1) is 12.3. The minimum atomic E-state index is 0.651. The molecule has 25 heavy (non-hydrogen) atoms. The van der Waals surface area contributed by atoms with Gasteiger partial charge in [0.15, 0.2) is 0 Å². The number of rotatable bonds is 9. The van der Waals surface area contributed by atoms with Crippen molar-refractivity contribution in [3.63, 3.8) is 0 Å². The summed E-state index contributed by atoms with van der Waals surface area (Å²) in [6, 6.07) is 9.98. The largest absolute Gasteiger partial charge is 0.493 e. The normalized spacial score (nSPS) is 11.1. The van der Waals surface area contributed by atoms with Crippen LogP contribution in [-0.2, 0) is 10.5 Å². The van der Waals surface area contributed by atoms with E-state index in [0.29, 0.717) is 6.61 Å². The number of nitrogens with zero attached hydrogens (tertiary/aromatic N) is 2. The lowest BCUT2D eigenvalue weighted by molar-refractivity contribution is 0.130. The lowest BCUT2D eigenvalue weighted by Crippen LogP contribution is -2.04. The number of benzene rings is 1. The zero-order chi connectivity index (χ0) is 17.5. The molecule has 0 atom stereocenters. The van der Waals surface area contributed by atoms with Crippen LogP contribution < -0.4 is 4.74 Å². The Hall–Kier alpha value is -2.05. The van der Waals surface area contributed by atoms with E-state index in [9.17, 15) is 0 Å². The van der Waals surface area contributed by atoms with E-state index in [4.69, 9.17) is 9.47 Å². The number of pyridine rings is 1. The van der Waals surface area contributed by atoms with Gasteiger partial charge in [-0.1, -0.05) is 23.9 Å². The smallest absolute Gasteiger partial charge is 0.126 e. The Bertz CT molecular complexity index is 786. The first kappa shape index (κ1) is 17.8. The maximum absolute atomic E-state index is 5.87. The predicted molar refractivity (Wildman–Crippen MR) is 101 cm³/mol. The van der Waals surface area contributed by atoms with E-state index in [2.05, 4.69) is 15.0 Å². The lowest BCUT2D eigenvalue weighted by Gasteiger charge is -2.11. The van der Waals surface area contributed by atoms with Crippen LogP contribution in [0.25, 0.3) is 11.0 Å². The zero-order valence-electron chi connectivity index (χ0n) is 14.6. The molecule has 1 aromatic carbocycles. The number of nitrogens with one attached hydrogen (secondary N) is 1. The highest BCUT2D eigenvalue weighted by Crippen LogP contribution is 2.29. The number of H-pyrrole nitrogens is 1. The second kappa shape index (κ2) is 8.87. The second-order valence-corrected chi connectivity index (χ2v) is 6.59. The molecule has 3 aromatic rings. The van der Waals surface area contributed by atoms with E-state index in [1.54, 1.807) is 18.0 Å². The van der Waals surface area contributed by atoms with Crippen LogP contribution >= 0.6 is 11.8 Å². The van der Waals surface area contributed by atoms with E-state index in [0.717, 1.165) is 58.6 Å². The van der Waals surface area contributed by atoms with Crippen LogP contribution in [-0.4, -0.2) is 34.8 Å². The molecule has 6 heteroatoms. The third-order valence-corrected chi connectivity index (χ3v) is 4.89. The van der Waals surface area contributed by atoms with Gasteiger partial charge < -0.3 is 14.5 Å². The van der Waals surface area contributed by atoms with E-state index in [-0.39, 0.29) is 0 Å². The lowest BCUT2D eigenvalue weighted by atomic mass is 10.3. The third-order valence-electron chi connectivity index (χ3n) is 3.79. The summed E-state index contributed by atoms with van der Waals surface area (Å²) in [4.78, 5) is 12.4. The van der Waals surface area contributed by atoms with Gasteiger partial charge in [0.25, 0.3) is 0 Å². The van der Waals surface area contributed by atoms with Crippen LogP contribution in [0.5, 0.6) is 5.75 Å². The van der Waals surface area contributed by atoms with Gasteiger partial charge in [0.2, 0.25) is 0 Å². The highest BCUT2D eigenvalue weighted by Gasteiger charge is 2.09. The van der Waals surface area contributed by atoms with Crippen molar-refractivity contribution in [3.05, 3.63) is 47.9 Å². The fraction of sp³-hybridized carbons (Fsp3) is 0.368. The van der Waals surface area contributed by atoms with Gasteiger partial charge in [-0.25, -0.2) is 9.97 Å². The van der Waals surface area contributed by atoms with E-state index in [1.165, 1.54) is 0 Å². The van der Waals surface area contributed by atoms with E-state index >= 15 is 0 Å². The Kier molecular flexibility index (Phi) is 6.30. The molecule has 0 aliphatic heterocycles. The molecule has 2 aromatic heterocycles. The van der Waals surface area contributed by atoms with Gasteiger partial charge in [0, 0.05) is 31.4 Å². The number of hydrogen-bond acceptors (Lipinski definition) is 5. The van der Waals surface area contributed by atoms with Crippen LogP contribution in [0, 0.1) is 6.92 Å². The first-order valence-corrected chi connectivity index (χ1v) is 9.49. The Morgan fingerprint density at radius 2 is 2.04 bits per heavy atom. The maximum Gasteiger partial charge on any atom is 0.126 e. The summed E-state index contributed by atoms with van der Waals surface area (Å²) in [5.74, 6) is 2.59. The van der Waals surface area contributed by atoms with Crippen LogP contribution in [0.1, 0.15) is 24.7 Å². The Balaban J connectivity index is 1.59. The van der Waals surface area contributed by atoms with Crippen LogP contribution in [0.2, 0.25) is 0 Å². The van der Waals surface area contributed by atoms with Gasteiger partial charge in [0.1, 0.15) is 16.6 Å². The number of para-hydroxylation sites is 2. The van der Waals surface area contributed by atoms with Gasteiger partial charge in [-0.3, -0.25) is 0 Å². The number of thioether (sulfide) groups is 1. The van der Waals surface area contributed by atoms with Gasteiger partial charge in [-0.15, -0.1) is 0 Å². The molecule has 0 radical (unpaired) electrons. The molecule has 0 saturated heterocycles. The third kappa shape index (κ3) is 4.74. The minimum Gasteiger partial charge on any atom is -0.493 e. The molecule has 0 bridgehead atoms. The van der Waals surface area contributed by atoms with Crippen LogP contribution in [0.4, 0.5) is 0 Å². The molecule has 0 fully saturated rings. The van der Waals surface area contributed by atoms with Gasteiger partial charge in [0.05, 0.1) is 23.4 Å². The van der Waals surface area contributed by atoms with Crippen molar-refractivity contribution in [2.75, 3.05) is 19.8 Å². The van der Waals surface area contributed by atoms with Crippen molar-refractivity contribution in [2.45, 2.75) is 31.0 Å². The predicted octanol–water partition coefficient (Wildman–Crippen LogP) is 4.36. The van der Waals surface area contributed by atoms with Crippen molar-refractivity contribution in [2.24, 2.45) is 0 Å². The maximum atomic E-state index is 5.87. The van der Waals surface area contributed by atoms with Gasteiger partial charge in [-0.2, -0.15) is 0 Å². The van der Waals surface area contributed by atoms with Crippen LogP contribution in [0.15, 0.2) is 41.6 Å². The fourth-order valence-corrected chi connectivity index (χ4v) is 3.36. The van der Waals surface area contributed by atoms with E-state index < -0.39 is 0 Å². The Morgan fingerprint density at radius 1 is 1.16 bits per heavy atom. The molecule has 0 unspecified atom stereocenters. The molecule has 3 rings (SSSR count). The Labute approximate surface area is 152 Å². The molecule has 0 amide bonds. The summed E-state index contributed by atoms with van der Waals surface area (Å²) in [5, 5.41) is 0.975. The molecule has 2 heterocycles. The molecule has 5 nitrogen and oxygen atoms in total. The first-order valence-electron chi connectivity index (χ1n) is 8.50. The van der Waals surface area contributed by atoms with Crippen molar-refractivity contribution >= 4 is 22.8 Å². The number of aromatic amines is 1. The molecule has 0 aliphatic carbocycles. The topological polar surface area (TPSA) is 60.0 Å². The van der Waals surface area contributed by atoms with Crippen LogP contribution in [0.3, 0.4) is 0 Å². The van der Waals surface area contributed by atoms with Gasteiger partial charge in [-0.05, 0) is 32.0 Å². The van der Waals surface area contributed by atoms with Gasteiger partial charge >= 0.3 is 0 Å². The monoisotopic (exact) mass is 357 g/mol. The number of aromatic nitrogens is 3. The summed E-state index contributed by atoms with van der Waals surface area (Å²) in [6.45, 7) is 6.18. The molecular weight excluding hydrogens is 334 g/mol. The molecule has 0 saturated carbocycles. The van der Waals surface area contributed by atoms with Crippen molar-refractivity contribution < 1.29 is 9.47 Å². The quantitative estimate of drug-likeness (QED) is 0.455. The highest BCUT2D eigenvalue weighted by molar-refractivity contribution is 7.98. The summed E-state index contributed by atoms with van der Waals surface area (Å²) in [5.41, 5.74) is 3.13. The fourth-order valence-electron chi connectivity index (χ4n) is 2.50. The summed E-state index contributed by atoms with van der Waals surface area (Å²) in [7, 11) is 0. The number of imidazole rings is 1. The number of fused-ring (bicyclic) bond motifs is 1. The summed E-state index contributed by atoms with van der Waals surface area (Å²) in [6.07, 6.45) is 2.68. The molecular formula is C19H23N3O2S. The summed E-state index contributed by atoms with van der Waals surface area (Å²) >= 11 is 1.67. The highest BCUT2D eigenvalue weighted by atomic mass is 32.2. The number of ether oxygens (including phenoxy) is 2. The number of hydrogen-bond donors (Lipinski definition) is 1. The molecule has 0 spiro atoms. The average Bonchev–Trinajstić information content (AvgIpc) is 3.05. The van der Waals surface area contributed by atoms with Crippen molar-refractivity contribution in [1.82, 2.24) is 15.0 Å². The SMILES string of the molecule is CCOCCCOc1ccnc(SCc2nc3ccccc3[nH]2)c1C. The average molecular weight is 357 g/mol. The zero-order valence-corrected chi connectivity index (χ0v) is 15.4. The minimum absolute atomic E-state index is 0.651. The molecule has 1 N–H and O–H groups in total. The molecule has 132 valence electrons. The Morgan fingerprint density at radius 3 is 2.88 bits per heavy atom. The van der Waals surface area contributed by atoms with Crippen molar-refractivity contribution in [3.8, 4) is 5.75 Å². The van der Waals surface area contributed by atoms with E-state index in [1.807, 2.05) is 44.2 Å².